The predicted molar refractivity (Wildman–Crippen MR) is 121 cm³/mol. The Kier molecular flexibility index (Phi) is 8.96. The van der Waals surface area contributed by atoms with E-state index in [-0.39, 0.29) is 24.6 Å². The third kappa shape index (κ3) is 6.09. The summed E-state index contributed by atoms with van der Waals surface area (Å²) in [6.07, 6.45) is 6.34. The first-order valence-electron chi connectivity index (χ1n) is 10.8. The number of Topliss-reactive ketones (excluding diaryl/α,β-unsaturated/α-hetero) is 1. The molecule has 0 aliphatic carbocycles. The average Bonchev–Trinajstić information content (AvgIpc) is 3.37. The van der Waals surface area contributed by atoms with Gasteiger partial charge in [0.25, 0.3) is 0 Å². The molecule has 1 aliphatic heterocycles. The van der Waals surface area contributed by atoms with Gasteiger partial charge in [0, 0.05) is 36.4 Å². The molecule has 33 heavy (non-hydrogen) atoms. The van der Waals surface area contributed by atoms with E-state index >= 15 is 0 Å². The lowest BCUT2D eigenvalue weighted by Crippen LogP contribution is -2.17. The van der Waals surface area contributed by atoms with Crippen molar-refractivity contribution in [2.45, 2.75) is 66.7 Å². The molecule has 1 aliphatic rings. The van der Waals surface area contributed by atoms with E-state index in [0.29, 0.717) is 28.8 Å². The maximum absolute atomic E-state index is 13.0. The Morgan fingerprint density at radius 1 is 0.970 bits per heavy atom. The summed E-state index contributed by atoms with van der Waals surface area (Å²) < 4.78 is 17.7. The number of rotatable bonds is 9. The highest BCUT2D eigenvalue weighted by atomic mass is 16.6. The fraction of sp³-hybridized carbons (Fsp3) is 0.440. The van der Waals surface area contributed by atoms with E-state index in [2.05, 4.69) is 0 Å². The highest BCUT2D eigenvalue weighted by Crippen LogP contribution is 2.41. The lowest BCUT2D eigenvalue weighted by molar-refractivity contribution is -0.151. The lowest BCUT2D eigenvalue weighted by Gasteiger charge is -2.13. The molecule has 0 bridgehead atoms. The first kappa shape index (κ1) is 25.8. The molecule has 0 fully saturated rings. The molecule has 1 aromatic rings. The van der Waals surface area contributed by atoms with Gasteiger partial charge in [-0.3, -0.25) is 9.59 Å². The van der Waals surface area contributed by atoms with E-state index in [1.54, 1.807) is 63.6 Å². The molecular weight excluding hydrogens is 426 g/mol. The van der Waals surface area contributed by atoms with Crippen LogP contribution in [0.3, 0.4) is 0 Å². The highest BCUT2D eigenvalue weighted by Gasteiger charge is 2.39. The number of ether oxygens (including phenoxy) is 3. The second kappa shape index (κ2) is 11.4. The number of nitrogens with zero attached hydrogens (tertiary/aromatic N) is 1. The van der Waals surface area contributed by atoms with Crippen LogP contribution < -0.4 is 0 Å². The number of esters is 3. The van der Waals surface area contributed by atoms with Crippen molar-refractivity contribution < 1.29 is 33.4 Å². The van der Waals surface area contributed by atoms with Crippen molar-refractivity contribution in [3.8, 4) is 0 Å². The zero-order chi connectivity index (χ0) is 24.7. The summed E-state index contributed by atoms with van der Waals surface area (Å²) in [5.74, 6) is -2.15. The molecule has 2 atom stereocenters. The summed E-state index contributed by atoms with van der Waals surface area (Å²) in [7, 11) is 0. The molecule has 0 saturated heterocycles. The Morgan fingerprint density at radius 3 is 2.21 bits per heavy atom. The van der Waals surface area contributed by atoms with Crippen molar-refractivity contribution in [1.29, 1.82) is 0 Å². The fourth-order valence-corrected chi connectivity index (χ4v) is 3.52. The van der Waals surface area contributed by atoms with Gasteiger partial charge < -0.3 is 18.8 Å². The molecule has 8 nitrogen and oxygen atoms in total. The van der Waals surface area contributed by atoms with Gasteiger partial charge >= 0.3 is 17.9 Å². The van der Waals surface area contributed by atoms with Gasteiger partial charge in [0.1, 0.15) is 13.2 Å². The smallest absolute Gasteiger partial charge is 0.337 e. The third-order valence-corrected chi connectivity index (χ3v) is 5.64. The van der Waals surface area contributed by atoms with Crippen LogP contribution in [0.1, 0.15) is 71.4 Å². The Hall–Kier alpha value is -3.42. The molecule has 0 unspecified atom stereocenters. The molecule has 8 heteroatoms. The van der Waals surface area contributed by atoms with Crippen LogP contribution in [0.4, 0.5) is 0 Å². The van der Waals surface area contributed by atoms with Crippen molar-refractivity contribution >= 4 is 23.7 Å². The molecule has 2 rings (SSSR count). The molecule has 2 heterocycles. The Bertz CT molecular complexity index is 1030. The fourth-order valence-electron chi connectivity index (χ4n) is 3.52. The standard InChI is InChI=1S/C25H31NO7/c1-7-15(4)23(28)20-12-21(33-17(6)27)26-11-10-19(22(20)26)14-32-25(30)18(9-3)13-31-24(29)16(5)8-2/h7-11,20-21H,12-14H2,1-6H3/t20-,21+/m1/s1. The van der Waals surface area contributed by atoms with Crippen molar-refractivity contribution in [2.24, 2.45) is 0 Å². The topological polar surface area (TPSA) is 101 Å². The van der Waals surface area contributed by atoms with Gasteiger partial charge in [-0.2, -0.15) is 0 Å². The average molecular weight is 458 g/mol. The number of ketones is 1. The summed E-state index contributed by atoms with van der Waals surface area (Å²) in [4.78, 5) is 48.9. The Balaban J connectivity index is 2.17. The molecule has 1 aromatic heterocycles. The number of hydrogen-bond donors (Lipinski definition) is 0. The van der Waals surface area contributed by atoms with Gasteiger partial charge in [0.05, 0.1) is 11.5 Å². The minimum Gasteiger partial charge on any atom is -0.457 e. The van der Waals surface area contributed by atoms with Crippen LogP contribution in [0.2, 0.25) is 0 Å². The first-order chi connectivity index (χ1) is 15.6. The Labute approximate surface area is 193 Å². The number of allylic oxidation sites excluding steroid dienone is 4. The van der Waals surface area contributed by atoms with Crippen LogP contribution in [0, 0.1) is 0 Å². The van der Waals surface area contributed by atoms with Crippen LogP contribution in [-0.2, 0) is 40.0 Å². The summed E-state index contributed by atoms with van der Waals surface area (Å²) in [6.45, 7) is 9.57. The first-order valence-corrected chi connectivity index (χ1v) is 10.8. The number of hydrogen-bond acceptors (Lipinski definition) is 7. The van der Waals surface area contributed by atoms with Gasteiger partial charge in [-0.1, -0.05) is 18.2 Å². The van der Waals surface area contributed by atoms with E-state index in [4.69, 9.17) is 14.2 Å². The van der Waals surface area contributed by atoms with E-state index in [1.807, 2.05) is 0 Å². The van der Waals surface area contributed by atoms with Gasteiger partial charge in [-0.25, -0.2) is 9.59 Å². The van der Waals surface area contributed by atoms with Crippen LogP contribution in [0.5, 0.6) is 0 Å². The highest BCUT2D eigenvalue weighted by molar-refractivity contribution is 6.00. The van der Waals surface area contributed by atoms with Crippen LogP contribution in [-0.4, -0.2) is 34.9 Å². The number of carbonyl (C=O) groups excluding carboxylic acids is 4. The van der Waals surface area contributed by atoms with Gasteiger partial charge in [-0.05, 0) is 46.3 Å². The van der Waals surface area contributed by atoms with Gasteiger partial charge in [-0.15, -0.1) is 0 Å². The van der Waals surface area contributed by atoms with E-state index in [0.717, 1.165) is 0 Å². The van der Waals surface area contributed by atoms with Crippen LogP contribution in [0.15, 0.2) is 47.2 Å². The van der Waals surface area contributed by atoms with Gasteiger partial charge in [0.15, 0.2) is 12.0 Å². The summed E-state index contributed by atoms with van der Waals surface area (Å²) in [5.41, 5.74) is 2.57. The van der Waals surface area contributed by atoms with E-state index < -0.39 is 30.1 Å². The quantitative estimate of drug-likeness (QED) is 0.313. The molecule has 178 valence electrons. The molecule has 0 spiro atoms. The molecular formula is C25H31NO7. The largest absolute Gasteiger partial charge is 0.457 e. The van der Waals surface area contributed by atoms with Crippen molar-refractivity contribution in [3.05, 3.63) is 58.5 Å². The summed E-state index contributed by atoms with van der Waals surface area (Å²) in [6, 6.07) is 1.74. The van der Waals surface area contributed by atoms with Crippen molar-refractivity contribution in [3.63, 3.8) is 0 Å². The third-order valence-electron chi connectivity index (χ3n) is 5.64. The maximum atomic E-state index is 13.0. The predicted octanol–water partition coefficient (Wildman–Crippen LogP) is 4.07. The zero-order valence-electron chi connectivity index (χ0n) is 20.0. The number of aromatic nitrogens is 1. The molecule has 0 saturated carbocycles. The Morgan fingerprint density at radius 2 is 1.64 bits per heavy atom. The van der Waals surface area contributed by atoms with E-state index in [1.165, 1.54) is 13.0 Å². The van der Waals surface area contributed by atoms with Crippen molar-refractivity contribution in [1.82, 2.24) is 4.57 Å². The molecule has 0 N–H and O–H groups in total. The van der Waals surface area contributed by atoms with E-state index in [9.17, 15) is 19.2 Å². The van der Waals surface area contributed by atoms with Crippen molar-refractivity contribution in [2.75, 3.05) is 6.61 Å². The number of fused-ring (bicyclic) bond motifs is 1. The normalized spacial score (nSPS) is 18.5. The molecule has 0 radical (unpaired) electrons. The number of carbonyl (C=O) groups is 4. The second-order valence-corrected chi connectivity index (χ2v) is 7.76. The van der Waals surface area contributed by atoms with Crippen LogP contribution in [0.25, 0.3) is 0 Å². The summed E-state index contributed by atoms with van der Waals surface area (Å²) in [5, 5.41) is 0. The minimum absolute atomic E-state index is 0.0694. The SMILES string of the molecule is CC=C(C)C(=O)OCC(=CC)C(=O)OCc1ccn2c1[C@H](C(=O)C(C)=CC)C[C@@H]2OC(C)=O. The maximum Gasteiger partial charge on any atom is 0.337 e. The zero-order valence-corrected chi connectivity index (χ0v) is 20.0. The van der Waals surface area contributed by atoms with Crippen LogP contribution >= 0.6 is 0 Å². The molecule has 0 aromatic carbocycles. The molecule has 0 amide bonds. The second-order valence-electron chi connectivity index (χ2n) is 7.76. The van der Waals surface area contributed by atoms with Gasteiger partial charge in [0.2, 0.25) is 0 Å². The lowest BCUT2D eigenvalue weighted by atomic mass is 9.92. The minimum atomic E-state index is -0.620. The summed E-state index contributed by atoms with van der Waals surface area (Å²) >= 11 is 0. The monoisotopic (exact) mass is 457 g/mol.